The average molecular weight is 381 g/mol. The summed E-state index contributed by atoms with van der Waals surface area (Å²) in [5.41, 5.74) is -0.268. The zero-order valence-corrected chi connectivity index (χ0v) is 19.0. The van der Waals surface area contributed by atoms with Crippen molar-refractivity contribution in [1.82, 2.24) is 0 Å². The lowest BCUT2D eigenvalue weighted by molar-refractivity contribution is -0.150. The third-order valence-electron chi connectivity index (χ3n) is 9.08. The molecular weight excluding hydrogens is 340 g/mol. The molecule has 3 saturated carbocycles. The second-order valence-electron chi connectivity index (χ2n) is 11.4. The van der Waals surface area contributed by atoms with Crippen molar-refractivity contribution in [2.75, 3.05) is 6.61 Å². The van der Waals surface area contributed by atoms with Gasteiger partial charge in [-0.2, -0.15) is 0 Å². The van der Waals surface area contributed by atoms with Crippen LogP contribution in [0.15, 0.2) is 0 Å². The van der Waals surface area contributed by atoms with Crippen molar-refractivity contribution >= 4 is 14.1 Å². The monoisotopic (exact) mass is 380 g/mol. The quantitative estimate of drug-likeness (QED) is 0.686. The van der Waals surface area contributed by atoms with Gasteiger partial charge in [0.15, 0.2) is 8.32 Å². The maximum atomic E-state index is 12.6. The average Bonchev–Trinajstić information content (AvgIpc) is 2.86. The molecule has 3 aliphatic carbocycles. The number of aliphatic hydroxyl groups excluding tert-OH is 1. The van der Waals surface area contributed by atoms with E-state index in [1.54, 1.807) is 0 Å². The summed E-state index contributed by atoms with van der Waals surface area (Å²) in [4.78, 5) is 12.6. The molecule has 0 spiro atoms. The third kappa shape index (κ3) is 2.95. The molecule has 0 unspecified atom stereocenters. The maximum Gasteiger partial charge on any atom is 0.192 e. The molecule has 0 heterocycles. The van der Waals surface area contributed by atoms with Gasteiger partial charge in [0.1, 0.15) is 5.78 Å². The van der Waals surface area contributed by atoms with E-state index in [4.69, 9.17) is 4.43 Å². The van der Waals surface area contributed by atoms with Crippen molar-refractivity contribution in [2.24, 2.45) is 28.6 Å². The van der Waals surface area contributed by atoms with Gasteiger partial charge in [-0.05, 0) is 73.4 Å². The summed E-state index contributed by atoms with van der Waals surface area (Å²) in [6.45, 7) is 16.2. The van der Waals surface area contributed by atoms with Gasteiger partial charge in [0.2, 0.25) is 0 Å². The molecule has 150 valence electrons. The van der Waals surface area contributed by atoms with E-state index in [0.29, 0.717) is 30.3 Å². The van der Waals surface area contributed by atoms with Crippen LogP contribution in [0.5, 0.6) is 0 Å². The van der Waals surface area contributed by atoms with Crippen LogP contribution in [0.3, 0.4) is 0 Å². The summed E-state index contributed by atoms with van der Waals surface area (Å²) < 4.78 is 6.94. The van der Waals surface area contributed by atoms with Crippen LogP contribution >= 0.6 is 0 Å². The second-order valence-corrected chi connectivity index (χ2v) is 16.2. The van der Waals surface area contributed by atoms with E-state index in [2.05, 4.69) is 40.8 Å². The second kappa shape index (κ2) is 6.42. The lowest BCUT2D eigenvalue weighted by Crippen LogP contribution is -2.55. The number of ketones is 1. The molecule has 0 aromatic carbocycles. The van der Waals surface area contributed by atoms with Gasteiger partial charge in [-0.1, -0.05) is 34.6 Å². The molecule has 3 rings (SSSR count). The first-order valence-corrected chi connectivity index (χ1v) is 13.6. The van der Waals surface area contributed by atoms with Crippen molar-refractivity contribution in [2.45, 2.75) is 97.4 Å². The van der Waals surface area contributed by atoms with Gasteiger partial charge in [-0.3, -0.25) is 4.79 Å². The highest BCUT2D eigenvalue weighted by atomic mass is 28.4. The van der Waals surface area contributed by atoms with Gasteiger partial charge in [-0.15, -0.1) is 0 Å². The van der Waals surface area contributed by atoms with Gasteiger partial charge in [0.05, 0.1) is 18.1 Å². The Kier molecular flexibility index (Phi) is 5.07. The molecule has 0 bridgehead atoms. The number of fused-ring (bicyclic) bond motifs is 3. The molecule has 0 saturated heterocycles. The van der Waals surface area contributed by atoms with Crippen molar-refractivity contribution in [3.8, 4) is 0 Å². The van der Waals surface area contributed by atoms with Crippen LogP contribution < -0.4 is 0 Å². The summed E-state index contributed by atoms with van der Waals surface area (Å²) in [7, 11) is -1.78. The first kappa shape index (κ1) is 20.5. The number of carbonyl (C=O) groups excluding carboxylic acids is 1. The molecule has 4 heteroatoms. The molecule has 0 amide bonds. The van der Waals surface area contributed by atoms with Crippen LogP contribution in [0.25, 0.3) is 0 Å². The molecule has 6 atom stereocenters. The van der Waals surface area contributed by atoms with E-state index in [1.807, 2.05) is 6.92 Å². The molecule has 3 nitrogen and oxygen atoms in total. The van der Waals surface area contributed by atoms with Crippen LogP contribution in [0.4, 0.5) is 0 Å². The highest BCUT2D eigenvalue weighted by Gasteiger charge is 2.60. The summed E-state index contributed by atoms with van der Waals surface area (Å²) >= 11 is 0. The van der Waals surface area contributed by atoms with E-state index in [1.165, 1.54) is 12.8 Å². The lowest BCUT2D eigenvalue weighted by Gasteiger charge is -2.56. The number of rotatable bonds is 3. The smallest absolute Gasteiger partial charge is 0.192 e. The minimum atomic E-state index is -1.78. The fraction of sp³-hybridized carbons (Fsp3) is 0.955. The molecule has 3 aliphatic rings. The predicted molar refractivity (Wildman–Crippen MR) is 109 cm³/mol. The third-order valence-corrected chi connectivity index (χ3v) is 13.6. The largest absolute Gasteiger partial charge is 0.413 e. The van der Waals surface area contributed by atoms with E-state index in [9.17, 15) is 9.90 Å². The summed E-state index contributed by atoms with van der Waals surface area (Å²) in [5.74, 6) is 1.88. The van der Waals surface area contributed by atoms with Gasteiger partial charge >= 0.3 is 0 Å². The van der Waals surface area contributed by atoms with E-state index in [0.717, 1.165) is 19.3 Å². The van der Waals surface area contributed by atoms with Gasteiger partial charge in [0.25, 0.3) is 0 Å². The van der Waals surface area contributed by atoms with Crippen molar-refractivity contribution in [1.29, 1.82) is 0 Å². The number of hydrogen-bond donors (Lipinski definition) is 1. The molecule has 26 heavy (non-hydrogen) atoms. The van der Waals surface area contributed by atoms with Crippen LogP contribution in [0.2, 0.25) is 18.1 Å². The Morgan fingerprint density at radius 1 is 1.12 bits per heavy atom. The van der Waals surface area contributed by atoms with Crippen LogP contribution in [-0.4, -0.2) is 31.9 Å². The number of hydrogen-bond acceptors (Lipinski definition) is 3. The molecule has 0 aromatic rings. The highest BCUT2D eigenvalue weighted by Crippen LogP contribution is 2.63. The van der Waals surface area contributed by atoms with Crippen molar-refractivity contribution < 1.29 is 14.3 Å². The van der Waals surface area contributed by atoms with Crippen molar-refractivity contribution in [3.05, 3.63) is 0 Å². The van der Waals surface area contributed by atoms with Crippen LogP contribution in [0, 0.1) is 28.6 Å². The Labute approximate surface area is 161 Å². The van der Waals surface area contributed by atoms with Gasteiger partial charge < -0.3 is 9.53 Å². The van der Waals surface area contributed by atoms with E-state index in [-0.39, 0.29) is 22.8 Å². The summed E-state index contributed by atoms with van der Waals surface area (Å²) in [6, 6.07) is 0. The highest BCUT2D eigenvalue weighted by molar-refractivity contribution is 6.74. The number of carbonyl (C=O) groups is 1. The molecule has 0 radical (unpaired) electrons. The standard InChI is InChI=1S/C22H40O3Si/c1-20(2,3)26(6,7)25-19-11-9-16-15-8-10-18(24)22(5,14-23)17(15)12-13-21(16,19)4/h15-17,19,23H,8-14H2,1-7H3/t15-,16-,17-,19+,21+,22-/m1/s1. The Morgan fingerprint density at radius 3 is 2.35 bits per heavy atom. The zero-order valence-electron chi connectivity index (χ0n) is 18.0. The maximum absolute atomic E-state index is 12.6. The summed E-state index contributed by atoms with van der Waals surface area (Å²) in [6.07, 6.45) is 6.64. The molecule has 0 aromatic heterocycles. The number of aliphatic hydroxyl groups is 1. The molecule has 0 aliphatic heterocycles. The van der Waals surface area contributed by atoms with E-state index < -0.39 is 13.7 Å². The van der Waals surface area contributed by atoms with Gasteiger partial charge in [0, 0.05) is 6.42 Å². The topological polar surface area (TPSA) is 46.5 Å². The fourth-order valence-corrected chi connectivity index (χ4v) is 7.61. The molecule has 1 N–H and O–H groups in total. The number of Topliss-reactive ketones (excluding diaryl/α,β-unsaturated/α-hetero) is 1. The first-order valence-electron chi connectivity index (χ1n) is 10.7. The Morgan fingerprint density at radius 2 is 1.77 bits per heavy atom. The minimum absolute atomic E-state index is 0.0142. The van der Waals surface area contributed by atoms with Crippen molar-refractivity contribution in [3.63, 3.8) is 0 Å². The predicted octanol–water partition coefficient (Wildman–Crippen LogP) is 5.18. The summed E-state index contributed by atoms with van der Waals surface area (Å²) in [5, 5.41) is 10.3. The first-order chi connectivity index (χ1) is 11.9. The Bertz CT molecular complexity index is 566. The zero-order chi connectivity index (χ0) is 19.5. The normalized spacial score (nSPS) is 43.9. The van der Waals surface area contributed by atoms with Gasteiger partial charge in [-0.25, -0.2) is 0 Å². The Hall–Kier alpha value is -0.193. The molecule has 3 fully saturated rings. The Balaban J connectivity index is 1.83. The lowest BCUT2D eigenvalue weighted by atomic mass is 9.50. The van der Waals surface area contributed by atoms with E-state index >= 15 is 0 Å². The van der Waals surface area contributed by atoms with Crippen LogP contribution in [0.1, 0.15) is 73.1 Å². The minimum Gasteiger partial charge on any atom is -0.413 e. The molecular formula is C22H40O3Si. The SMILES string of the molecule is CC(C)(C)[Si](C)(C)O[C@H]1CC[C@@H]2[C@H]3CCC(=O)[C@](C)(CO)[C@@H]3CC[C@]12C. The van der Waals surface area contributed by atoms with Crippen LogP contribution in [-0.2, 0) is 9.22 Å². The fourth-order valence-electron chi connectivity index (χ4n) is 6.15.